The highest BCUT2D eigenvalue weighted by Crippen LogP contribution is 2.23. The van der Waals surface area contributed by atoms with Gasteiger partial charge in [0.2, 0.25) is 0 Å². The van der Waals surface area contributed by atoms with Crippen LogP contribution in [0, 0.1) is 11.3 Å². The van der Waals surface area contributed by atoms with Crippen molar-refractivity contribution < 1.29 is 14.3 Å². The van der Waals surface area contributed by atoms with E-state index in [1.807, 2.05) is 11.5 Å². The molecule has 17 heavy (non-hydrogen) atoms. The zero-order valence-electron chi connectivity index (χ0n) is 9.56. The van der Waals surface area contributed by atoms with Gasteiger partial charge in [0, 0.05) is 6.07 Å². The van der Waals surface area contributed by atoms with Crippen molar-refractivity contribution in [1.82, 2.24) is 5.43 Å². The summed E-state index contributed by atoms with van der Waals surface area (Å²) in [6, 6.07) is 6.64. The van der Waals surface area contributed by atoms with Crippen molar-refractivity contribution in [1.29, 1.82) is 5.26 Å². The third kappa shape index (κ3) is 3.36. The van der Waals surface area contributed by atoms with E-state index in [1.165, 1.54) is 13.2 Å². The van der Waals surface area contributed by atoms with Crippen LogP contribution < -0.4 is 20.7 Å². The first-order valence-corrected chi connectivity index (χ1v) is 4.87. The maximum Gasteiger partial charge on any atom is 0.274 e. The Kier molecular flexibility index (Phi) is 4.31. The van der Waals surface area contributed by atoms with Crippen molar-refractivity contribution in [3.8, 4) is 17.6 Å². The summed E-state index contributed by atoms with van der Waals surface area (Å²) in [6.45, 7) is 1.55. The smallest absolute Gasteiger partial charge is 0.274 e. The number of nitrogens with zero attached hydrogens (tertiary/aromatic N) is 1. The molecule has 6 nitrogen and oxygen atoms in total. The molecule has 0 heterocycles. The van der Waals surface area contributed by atoms with Crippen LogP contribution in [0.25, 0.3) is 0 Å². The summed E-state index contributed by atoms with van der Waals surface area (Å²) in [5.74, 6) is 5.39. The number of hydrazine groups is 1. The summed E-state index contributed by atoms with van der Waals surface area (Å²) in [4.78, 5) is 11.2. The fourth-order valence-electron chi connectivity index (χ4n) is 1.20. The van der Waals surface area contributed by atoms with Gasteiger partial charge in [-0.05, 0) is 19.1 Å². The number of rotatable bonds is 4. The van der Waals surface area contributed by atoms with Gasteiger partial charge in [-0.1, -0.05) is 0 Å². The number of methoxy groups -OCH3 is 1. The minimum atomic E-state index is -0.751. The number of nitrogens with two attached hydrogens (primary N) is 1. The van der Waals surface area contributed by atoms with E-state index in [-0.39, 0.29) is 0 Å². The van der Waals surface area contributed by atoms with Crippen molar-refractivity contribution in [3.63, 3.8) is 0 Å². The second-order valence-electron chi connectivity index (χ2n) is 3.28. The van der Waals surface area contributed by atoms with E-state index in [9.17, 15) is 4.79 Å². The Morgan fingerprint density at radius 3 is 2.65 bits per heavy atom. The Labute approximate surface area is 98.9 Å². The molecule has 0 spiro atoms. The molecule has 1 rings (SSSR count). The molecule has 1 unspecified atom stereocenters. The van der Waals surface area contributed by atoms with Gasteiger partial charge >= 0.3 is 0 Å². The first kappa shape index (κ1) is 12.8. The Hall–Kier alpha value is -2.26. The number of hydrogen-bond donors (Lipinski definition) is 2. The molecule has 1 aromatic rings. The van der Waals surface area contributed by atoms with Crippen molar-refractivity contribution >= 4 is 5.91 Å². The highest BCUT2D eigenvalue weighted by Gasteiger charge is 2.13. The lowest BCUT2D eigenvalue weighted by molar-refractivity contribution is -0.127. The van der Waals surface area contributed by atoms with Gasteiger partial charge in [-0.25, -0.2) is 5.84 Å². The Morgan fingerprint density at radius 2 is 2.12 bits per heavy atom. The summed E-state index contributed by atoms with van der Waals surface area (Å²) >= 11 is 0. The van der Waals surface area contributed by atoms with E-state index in [2.05, 4.69) is 0 Å². The minimum Gasteiger partial charge on any atom is -0.497 e. The normalized spacial score (nSPS) is 11.2. The molecule has 0 saturated carbocycles. The number of ether oxygens (including phenoxy) is 2. The summed E-state index contributed by atoms with van der Waals surface area (Å²) in [7, 11) is 1.48. The molecule has 0 saturated heterocycles. The van der Waals surface area contributed by atoms with E-state index >= 15 is 0 Å². The maximum atomic E-state index is 11.2. The number of amides is 1. The van der Waals surface area contributed by atoms with Crippen LogP contribution in [0.5, 0.6) is 11.5 Å². The van der Waals surface area contributed by atoms with Gasteiger partial charge in [0.1, 0.15) is 11.5 Å². The second kappa shape index (κ2) is 5.72. The average Bonchev–Trinajstić information content (AvgIpc) is 2.36. The fraction of sp³-hybridized carbons (Fsp3) is 0.273. The summed E-state index contributed by atoms with van der Waals surface area (Å²) < 4.78 is 10.3. The van der Waals surface area contributed by atoms with Gasteiger partial charge in [0.05, 0.1) is 18.7 Å². The zero-order chi connectivity index (χ0) is 12.8. The lowest BCUT2D eigenvalue weighted by Crippen LogP contribution is -2.40. The third-order valence-electron chi connectivity index (χ3n) is 2.07. The number of carbonyl (C=O) groups excluding carboxylic acids is 1. The van der Waals surface area contributed by atoms with Crippen LogP contribution in [0.3, 0.4) is 0 Å². The van der Waals surface area contributed by atoms with E-state index in [1.54, 1.807) is 19.1 Å². The van der Waals surface area contributed by atoms with E-state index in [4.69, 9.17) is 20.6 Å². The molecule has 0 aliphatic heterocycles. The van der Waals surface area contributed by atoms with E-state index in [0.29, 0.717) is 17.1 Å². The predicted molar refractivity (Wildman–Crippen MR) is 60.1 cm³/mol. The second-order valence-corrected chi connectivity index (χ2v) is 3.28. The summed E-state index contributed by atoms with van der Waals surface area (Å²) in [5, 5.41) is 8.81. The molecule has 6 heteroatoms. The number of nitriles is 1. The molecule has 0 aromatic heterocycles. The minimum absolute atomic E-state index is 0.372. The topological polar surface area (TPSA) is 97.4 Å². The van der Waals surface area contributed by atoms with Gasteiger partial charge in [-0.15, -0.1) is 0 Å². The number of nitrogens with one attached hydrogen (secondary N) is 1. The van der Waals surface area contributed by atoms with Crippen molar-refractivity contribution in [2.24, 2.45) is 5.84 Å². The standard InChI is InChI=1S/C11H13N3O3/c1-7(11(15)14-13)17-10-4-8(6-12)3-9(5-10)16-2/h3-5,7H,13H2,1-2H3,(H,14,15). The van der Waals surface area contributed by atoms with Crippen molar-refractivity contribution in [2.75, 3.05) is 7.11 Å². The maximum absolute atomic E-state index is 11.2. The molecule has 0 aliphatic carbocycles. The zero-order valence-corrected chi connectivity index (χ0v) is 9.56. The SMILES string of the molecule is COc1cc(C#N)cc(OC(C)C(=O)NN)c1. The van der Waals surface area contributed by atoms with Crippen LogP contribution in [-0.2, 0) is 4.79 Å². The number of hydrogen-bond acceptors (Lipinski definition) is 5. The fourth-order valence-corrected chi connectivity index (χ4v) is 1.20. The third-order valence-corrected chi connectivity index (χ3v) is 2.07. The molecule has 0 fully saturated rings. The van der Waals surface area contributed by atoms with Crippen LogP contribution in [-0.4, -0.2) is 19.1 Å². The Morgan fingerprint density at radius 1 is 1.47 bits per heavy atom. The van der Waals surface area contributed by atoms with Crippen molar-refractivity contribution in [2.45, 2.75) is 13.0 Å². The van der Waals surface area contributed by atoms with Gasteiger partial charge in [-0.3, -0.25) is 10.2 Å². The monoisotopic (exact) mass is 235 g/mol. The molecule has 90 valence electrons. The summed E-state index contributed by atoms with van der Waals surface area (Å²) in [6.07, 6.45) is -0.751. The van der Waals surface area contributed by atoms with Gasteiger partial charge < -0.3 is 9.47 Å². The summed E-state index contributed by atoms with van der Waals surface area (Å²) in [5.41, 5.74) is 2.37. The quantitative estimate of drug-likeness (QED) is 0.445. The molecule has 0 aliphatic rings. The van der Waals surface area contributed by atoms with Crippen LogP contribution >= 0.6 is 0 Å². The highest BCUT2D eigenvalue weighted by atomic mass is 16.5. The molecule has 0 radical (unpaired) electrons. The van der Waals surface area contributed by atoms with Crippen LogP contribution in [0.1, 0.15) is 12.5 Å². The molecule has 1 atom stereocenters. The van der Waals surface area contributed by atoms with Crippen molar-refractivity contribution in [3.05, 3.63) is 23.8 Å². The first-order valence-electron chi connectivity index (χ1n) is 4.87. The van der Waals surface area contributed by atoms with Gasteiger partial charge in [-0.2, -0.15) is 5.26 Å². The number of benzene rings is 1. The lowest BCUT2D eigenvalue weighted by Gasteiger charge is -2.13. The molecular formula is C11H13N3O3. The first-order chi connectivity index (χ1) is 8.10. The predicted octanol–water partition coefficient (Wildman–Crippen LogP) is 0.324. The average molecular weight is 235 g/mol. The largest absolute Gasteiger partial charge is 0.497 e. The molecular weight excluding hydrogens is 222 g/mol. The van der Waals surface area contributed by atoms with E-state index in [0.717, 1.165) is 0 Å². The lowest BCUT2D eigenvalue weighted by atomic mass is 10.2. The molecule has 1 amide bonds. The van der Waals surface area contributed by atoms with Crippen LogP contribution in [0.15, 0.2) is 18.2 Å². The van der Waals surface area contributed by atoms with Crippen LogP contribution in [0.2, 0.25) is 0 Å². The Bertz CT molecular complexity index is 454. The van der Waals surface area contributed by atoms with Gasteiger partial charge in [0.25, 0.3) is 5.91 Å². The molecule has 3 N–H and O–H groups in total. The number of carbonyl (C=O) groups is 1. The highest BCUT2D eigenvalue weighted by molar-refractivity contribution is 5.80. The van der Waals surface area contributed by atoms with E-state index < -0.39 is 12.0 Å². The van der Waals surface area contributed by atoms with Gasteiger partial charge in [0.15, 0.2) is 6.10 Å². The molecule has 0 bridgehead atoms. The van der Waals surface area contributed by atoms with Crippen LogP contribution in [0.4, 0.5) is 0 Å². The Balaban J connectivity index is 2.91. The molecule has 1 aromatic carbocycles.